The normalized spacial score (nSPS) is 10.4. The Kier molecular flexibility index (Phi) is 4.72. The van der Waals surface area contributed by atoms with E-state index in [-0.39, 0.29) is 18.1 Å². The third-order valence-corrected chi connectivity index (χ3v) is 3.56. The molecular weight excluding hydrogens is 328 g/mol. The first kappa shape index (κ1) is 16.0. The van der Waals surface area contributed by atoms with Crippen LogP contribution in [0.15, 0.2) is 65.2 Å². The molecule has 0 aliphatic heterocycles. The fraction of sp³-hybridized carbons (Fsp3) is 0.0556. The summed E-state index contributed by atoms with van der Waals surface area (Å²) in [5.41, 5.74) is 1.92. The molecule has 0 unspecified atom stereocenters. The molecule has 0 bridgehead atoms. The van der Waals surface area contributed by atoms with Crippen molar-refractivity contribution in [3.63, 3.8) is 0 Å². The molecule has 0 radical (unpaired) electrons. The molecule has 1 N–H and O–H groups in total. The van der Waals surface area contributed by atoms with E-state index in [1.165, 1.54) is 0 Å². The molecule has 3 aromatic rings. The number of nitrogens with zero attached hydrogens (tertiary/aromatic N) is 1. The second kappa shape index (κ2) is 7.10. The summed E-state index contributed by atoms with van der Waals surface area (Å²) < 4.78 is 10.3. The number of carbonyl (C=O) groups excluding carboxylic acids is 1. The minimum Gasteiger partial charge on any atom is -0.455 e. The van der Waals surface area contributed by atoms with Gasteiger partial charge in [0.25, 0.3) is 0 Å². The first-order valence-corrected chi connectivity index (χ1v) is 7.54. The molecule has 0 aliphatic rings. The van der Waals surface area contributed by atoms with E-state index in [0.717, 1.165) is 5.56 Å². The van der Waals surface area contributed by atoms with Crippen LogP contribution in [0.1, 0.15) is 16.1 Å². The first-order chi connectivity index (χ1) is 11.6. The van der Waals surface area contributed by atoms with Gasteiger partial charge in [-0.15, -0.1) is 0 Å². The summed E-state index contributed by atoms with van der Waals surface area (Å²) in [6.07, 6.45) is 0. The SMILES string of the molecule is N=C(COC(=O)c1ccc(Cl)cc1)c1cc(-c2ccccc2)no1. The fourth-order valence-electron chi connectivity index (χ4n) is 2.04. The summed E-state index contributed by atoms with van der Waals surface area (Å²) in [7, 11) is 0. The molecule has 2 aromatic carbocycles. The standard InChI is InChI=1S/C18H13ClN2O3/c19-14-8-6-13(7-9-14)18(22)23-11-15(20)17-10-16(21-24-17)12-4-2-1-3-5-12/h1-10,20H,11H2. The molecule has 0 saturated heterocycles. The van der Waals surface area contributed by atoms with Gasteiger partial charge < -0.3 is 9.26 Å². The zero-order valence-corrected chi connectivity index (χ0v) is 13.3. The second-order valence-corrected chi connectivity index (χ2v) is 5.44. The highest BCUT2D eigenvalue weighted by Gasteiger charge is 2.14. The van der Waals surface area contributed by atoms with Crippen molar-refractivity contribution in [1.29, 1.82) is 5.41 Å². The highest BCUT2D eigenvalue weighted by molar-refractivity contribution is 6.30. The van der Waals surface area contributed by atoms with E-state index >= 15 is 0 Å². The molecule has 1 aromatic heterocycles. The number of aromatic nitrogens is 1. The smallest absolute Gasteiger partial charge is 0.338 e. The Bertz CT molecular complexity index is 857. The largest absolute Gasteiger partial charge is 0.455 e. The van der Waals surface area contributed by atoms with Crippen molar-refractivity contribution in [3.05, 3.63) is 77.0 Å². The number of esters is 1. The summed E-state index contributed by atoms with van der Waals surface area (Å²) in [6.45, 7) is -0.203. The molecule has 0 fully saturated rings. The van der Waals surface area contributed by atoms with Gasteiger partial charge in [-0.25, -0.2) is 4.79 Å². The van der Waals surface area contributed by atoms with Crippen molar-refractivity contribution in [1.82, 2.24) is 5.16 Å². The van der Waals surface area contributed by atoms with Gasteiger partial charge in [0, 0.05) is 16.7 Å². The summed E-state index contributed by atoms with van der Waals surface area (Å²) in [5.74, 6) is -0.267. The highest BCUT2D eigenvalue weighted by atomic mass is 35.5. The second-order valence-electron chi connectivity index (χ2n) is 5.00. The van der Waals surface area contributed by atoms with Crippen molar-refractivity contribution in [2.75, 3.05) is 6.61 Å². The number of rotatable bonds is 5. The van der Waals surface area contributed by atoms with Gasteiger partial charge in [-0.2, -0.15) is 0 Å². The molecule has 5 nitrogen and oxygen atoms in total. The number of hydrogen-bond donors (Lipinski definition) is 1. The van der Waals surface area contributed by atoms with E-state index in [2.05, 4.69) is 5.16 Å². The lowest BCUT2D eigenvalue weighted by atomic mass is 10.1. The van der Waals surface area contributed by atoms with Crippen molar-refractivity contribution < 1.29 is 14.1 Å². The van der Waals surface area contributed by atoms with Crippen molar-refractivity contribution in [2.45, 2.75) is 0 Å². The highest BCUT2D eigenvalue weighted by Crippen LogP contribution is 2.19. The maximum absolute atomic E-state index is 11.9. The van der Waals surface area contributed by atoms with Gasteiger partial charge in [-0.3, -0.25) is 5.41 Å². The van der Waals surface area contributed by atoms with Gasteiger partial charge in [-0.1, -0.05) is 47.1 Å². The zero-order valence-electron chi connectivity index (χ0n) is 12.5. The monoisotopic (exact) mass is 340 g/mol. The molecule has 0 saturated carbocycles. The third kappa shape index (κ3) is 3.70. The Hall–Kier alpha value is -2.92. The third-order valence-electron chi connectivity index (χ3n) is 3.30. The van der Waals surface area contributed by atoms with Crippen LogP contribution in [0.25, 0.3) is 11.3 Å². The van der Waals surface area contributed by atoms with E-state index in [0.29, 0.717) is 16.3 Å². The summed E-state index contributed by atoms with van der Waals surface area (Å²) >= 11 is 5.77. The Morgan fingerprint density at radius 3 is 2.54 bits per heavy atom. The molecule has 6 heteroatoms. The average molecular weight is 341 g/mol. The Morgan fingerprint density at radius 2 is 1.83 bits per heavy atom. The Labute approximate surface area is 143 Å². The number of halogens is 1. The number of nitrogens with one attached hydrogen (secondary N) is 1. The van der Waals surface area contributed by atoms with Crippen LogP contribution in [0, 0.1) is 5.41 Å². The van der Waals surface area contributed by atoms with Gasteiger partial charge in [-0.05, 0) is 24.3 Å². The van der Waals surface area contributed by atoms with Crippen molar-refractivity contribution >= 4 is 23.3 Å². The molecule has 0 atom stereocenters. The minimum absolute atomic E-state index is 0.0343. The Morgan fingerprint density at radius 1 is 1.12 bits per heavy atom. The molecule has 24 heavy (non-hydrogen) atoms. The summed E-state index contributed by atoms with van der Waals surface area (Å²) in [6, 6.07) is 17.5. The van der Waals surface area contributed by atoms with Gasteiger partial charge >= 0.3 is 5.97 Å². The van der Waals surface area contributed by atoms with Crippen molar-refractivity contribution in [3.8, 4) is 11.3 Å². The Balaban J connectivity index is 1.62. The van der Waals surface area contributed by atoms with E-state index in [9.17, 15) is 4.79 Å². The first-order valence-electron chi connectivity index (χ1n) is 7.16. The van der Waals surface area contributed by atoms with Crippen LogP contribution in [-0.4, -0.2) is 23.4 Å². The van der Waals surface area contributed by atoms with E-state index in [1.54, 1.807) is 30.3 Å². The fourth-order valence-corrected chi connectivity index (χ4v) is 2.17. The molecule has 0 amide bonds. The lowest BCUT2D eigenvalue weighted by molar-refractivity contribution is 0.0562. The van der Waals surface area contributed by atoms with Crippen LogP contribution in [0.4, 0.5) is 0 Å². The lowest BCUT2D eigenvalue weighted by Crippen LogP contribution is -2.13. The number of carbonyl (C=O) groups is 1. The number of hydrogen-bond acceptors (Lipinski definition) is 5. The predicted molar refractivity (Wildman–Crippen MR) is 90.5 cm³/mol. The van der Waals surface area contributed by atoms with Crippen LogP contribution >= 0.6 is 11.6 Å². The zero-order chi connectivity index (χ0) is 16.9. The molecule has 3 rings (SSSR count). The minimum atomic E-state index is -0.529. The van der Waals surface area contributed by atoms with Gasteiger partial charge in [0.05, 0.1) is 5.56 Å². The molecular formula is C18H13ClN2O3. The van der Waals surface area contributed by atoms with E-state index < -0.39 is 5.97 Å². The van der Waals surface area contributed by atoms with Crippen LogP contribution < -0.4 is 0 Å². The molecule has 0 spiro atoms. The van der Waals surface area contributed by atoms with Crippen LogP contribution in [-0.2, 0) is 4.74 Å². The quantitative estimate of drug-likeness (QED) is 0.557. The number of ether oxygens (including phenoxy) is 1. The lowest BCUT2D eigenvalue weighted by Gasteiger charge is -2.04. The maximum Gasteiger partial charge on any atom is 0.338 e. The van der Waals surface area contributed by atoms with Crippen molar-refractivity contribution in [2.24, 2.45) is 0 Å². The van der Waals surface area contributed by atoms with Crippen LogP contribution in [0.2, 0.25) is 5.02 Å². The average Bonchev–Trinajstić information content (AvgIpc) is 3.11. The van der Waals surface area contributed by atoms with E-state index in [1.807, 2.05) is 30.3 Å². The van der Waals surface area contributed by atoms with E-state index in [4.69, 9.17) is 26.3 Å². The van der Waals surface area contributed by atoms with Gasteiger partial charge in [0.15, 0.2) is 5.76 Å². The maximum atomic E-state index is 11.9. The molecule has 1 heterocycles. The van der Waals surface area contributed by atoms with Gasteiger partial charge in [0.1, 0.15) is 18.0 Å². The van der Waals surface area contributed by atoms with Crippen LogP contribution in [0.5, 0.6) is 0 Å². The molecule has 120 valence electrons. The summed E-state index contributed by atoms with van der Waals surface area (Å²) in [5, 5.41) is 12.4. The number of benzene rings is 2. The topological polar surface area (TPSA) is 76.2 Å². The molecule has 0 aliphatic carbocycles. The summed E-state index contributed by atoms with van der Waals surface area (Å²) in [4.78, 5) is 11.9. The van der Waals surface area contributed by atoms with Gasteiger partial charge in [0.2, 0.25) is 0 Å². The van der Waals surface area contributed by atoms with Crippen LogP contribution in [0.3, 0.4) is 0 Å². The predicted octanol–water partition coefficient (Wildman–Crippen LogP) is 4.22.